The summed E-state index contributed by atoms with van der Waals surface area (Å²) in [7, 11) is 0. The minimum absolute atomic E-state index is 0.102. The lowest BCUT2D eigenvalue weighted by atomic mass is 10.2. The molecule has 2 heterocycles. The smallest absolute Gasteiger partial charge is 0.261 e. The van der Waals surface area contributed by atoms with Gasteiger partial charge in [-0.15, -0.1) is 0 Å². The molecule has 6 nitrogen and oxygen atoms in total. The number of fused-ring (bicyclic) bond motifs is 2. The maximum absolute atomic E-state index is 12.4. The Labute approximate surface area is 166 Å². The maximum atomic E-state index is 12.4. The second-order valence-corrected chi connectivity index (χ2v) is 7.01. The van der Waals surface area contributed by atoms with Crippen molar-refractivity contribution in [2.24, 2.45) is 0 Å². The molecule has 142 valence electrons. The van der Waals surface area contributed by atoms with E-state index in [1.165, 1.54) is 10.9 Å². The standard InChI is InChI=1S/C21H19ClN4O2/c22-16-6-5-15-7-10-25(19(15)13-16)12-9-23-20(27)8-11-26-14-24-18-4-2-1-3-17(18)21(26)28/h1-7,10,13-14H,8-9,11-12H2,(H,23,27). The van der Waals surface area contributed by atoms with Crippen molar-refractivity contribution < 1.29 is 4.79 Å². The van der Waals surface area contributed by atoms with E-state index in [0.29, 0.717) is 35.6 Å². The van der Waals surface area contributed by atoms with Gasteiger partial charge in [0.1, 0.15) is 0 Å². The van der Waals surface area contributed by atoms with E-state index in [0.717, 1.165) is 10.9 Å². The molecule has 1 N–H and O–H groups in total. The lowest BCUT2D eigenvalue weighted by Crippen LogP contribution is -2.29. The van der Waals surface area contributed by atoms with Crippen LogP contribution in [0.5, 0.6) is 0 Å². The van der Waals surface area contributed by atoms with Crippen LogP contribution in [0.25, 0.3) is 21.8 Å². The van der Waals surface area contributed by atoms with Crippen LogP contribution in [0.3, 0.4) is 0 Å². The molecule has 0 aliphatic heterocycles. The number of nitrogens with zero attached hydrogens (tertiary/aromatic N) is 3. The molecule has 0 aliphatic carbocycles. The minimum Gasteiger partial charge on any atom is -0.354 e. The molecule has 0 fully saturated rings. The summed E-state index contributed by atoms with van der Waals surface area (Å²) in [5.74, 6) is -0.102. The third-order valence-corrected chi connectivity index (χ3v) is 4.96. The fourth-order valence-corrected chi connectivity index (χ4v) is 3.41. The van der Waals surface area contributed by atoms with E-state index in [1.807, 2.05) is 36.5 Å². The van der Waals surface area contributed by atoms with Gasteiger partial charge in [-0.1, -0.05) is 29.8 Å². The number of hydrogen-bond donors (Lipinski definition) is 1. The number of para-hydroxylation sites is 1. The van der Waals surface area contributed by atoms with Crippen LogP contribution in [0.15, 0.2) is 65.8 Å². The van der Waals surface area contributed by atoms with Gasteiger partial charge in [0, 0.05) is 42.8 Å². The molecule has 2 aromatic carbocycles. The largest absolute Gasteiger partial charge is 0.354 e. The molecule has 4 rings (SSSR count). The zero-order valence-corrected chi connectivity index (χ0v) is 15.9. The first-order valence-electron chi connectivity index (χ1n) is 9.07. The molecular formula is C21H19ClN4O2. The van der Waals surface area contributed by atoms with E-state index in [-0.39, 0.29) is 17.9 Å². The van der Waals surface area contributed by atoms with Gasteiger partial charge < -0.3 is 9.88 Å². The quantitative estimate of drug-likeness (QED) is 0.546. The van der Waals surface area contributed by atoms with Gasteiger partial charge in [0.25, 0.3) is 5.56 Å². The van der Waals surface area contributed by atoms with E-state index in [1.54, 1.807) is 18.2 Å². The Hall–Kier alpha value is -3.12. The van der Waals surface area contributed by atoms with Crippen LogP contribution in [0.4, 0.5) is 0 Å². The number of carbonyl (C=O) groups excluding carboxylic acids is 1. The summed E-state index contributed by atoms with van der Waals surface area (Å²) in [6.07, 6.45) is 3.69. The van der Waals surface area contributed by atoms with Crippen molar-refractivity contribution in [3.8, 4) is 0 Å². The van der Waals surface area contributed by atoms with Gasteiger partial charge in [-0.25, -0.2) is 4.98 Å². The van der Waals surface area contributed by atoms with E-state index >= 15 is 0 Å². The molecule has 4 aromatic rings. The van der Waals surface area contributed by atoms with E-state index in [4.69, 9.17) is 11.6 Å². The molecule has 0 saturated carbocycles. The SMILES string of the molecule is O=C(CCn1cnc2ccccc2c1=O)NCCn1ccc2ccc(Cl)cc21. The molecule has 28 heavy (non-hydrogen) atoms. The zero-order valence-electron chi connectivity index (χ0n) is 15.1. The molecule has 0 unspecified atom stereocenters. The molecule has 7 heteroatoms. The monoisotopic (exact) mass is 394 g/mol. The number of benzene rings is 2. The first-order chi connectivity index (χ1) is 13.6. The van der Waals surface area contributed by atoms with Gasteiger partial charge in [0.2, 0.25) is 5.91 Å². The average Bonchev–Trinajstić information content (AvgIpc) is 3.10. The van der Waals surface area contributed by atoms with Crippen LogP contribution >= 0.6 is 11.6 Å². The number of amides is 1. The molecule has 0 aliphatic rings. The Morgan fingerprint density at radius 1 is 1.07 bits per heavy atom. The first-order valence-corrected chi connectivity index (χ1v) is 9.45. The van der Waals surface area contributed by atoms with Crippen molar-refractivity contribution in [2.45, 2.75) is 19.5 Å². The first kappa shape index (κ1) is 18.3. The Balaban J connectivity index is 1.33. The van der Waals surface area contributed by atoms with Crippen LogP contribution in [0.1, 0.15) is 6.42 Å². The summed E-state index contributed by atoms with van der Waals surface area (Å²) in [6, 6.07) is 15.0. The summed E-state index contributed by atoms with van der Waals surface area (Å²) in [5, 5.41) is 5.25. The Morgan fingerprint density at radius 3 is 2.82 bits per heavy atom. The topological polar surface area (TPSA) is 68.9 Å². The van der Waals surface area contributed by atoms with Crippen LogP contribution in [-0.4, -0.2) is 26.6 Å². The normalized spacial score (nSPS) is 11.2. The fourth-order valence-electron chi connectivity index (χ4n) is 3.24. The predicted molar refractivity (Wildman–Crippen MR) is 111 cm³/mol. The number of aryl methyl sites for hydroxylation is 1. The maximum Gasteiger partial charge on any atom is 0.261 e. The average molecular weight is 395 g/mol. The lowest BCUT2D eigenvalue weighted by Gasteiger charge is -2.09. The number of rotatable bonds is 6. The van der Waals surface area contributed by atoms with Crippen molar-refractivity contribution in [1.82, 2.24) is 19.4 Å². The van der Waals surface area contributed by atoms with Gasteiger partial charge >= 0.3 is 0 Å². The molecule has 1 amide bonds. The molecule has 0 radical (unpaired) electrons. The molecule has 2 aromatic heterocycles. The number of carbonyl (C=O) groups is 1. The van der Waals surface area contributed by atoms with Crippen molar-refractivity contribution in [3.63, 3.8) is 0 Å². The number of halogens is 1. The predicted octanol–water partition coefficient (Wildman–Crippen LogP) is 3.21. The van der Waals surface area contributed by atoms with Crippen molar-refractivity contribution >= 4 is 39.3 Å². The summed E-state index contributed by atoms with van der Waals surface area (Å²) in [4.78, 5) is 28.9. The second-order valence-electron chi connectivity index (χ2n) is 6.57. The van der Waals surface area contributed by atoms with Crippen molar-refractivity contribution in [3.05, 3.63) is 76.4 Å². The third kappa shape index (κ3) is 3.77. The van der Waals surface area contributed by atoms with Crippen LogP contribution in [0, 0.1) is 0 Å². The van der Waals surface area contributed by atoms with Crippen molar-refractivity contribution in [1.29, 1.82) is 0 Å². The Kier molecular flexibility index (Phi) is 5.12. The lowest BCUT2D eigenvalue weighted by molar-refractivity contribution is -0.121. The molecular weight excluding hydrogens is 376 g/mol. The van der Waals surface area contributed by atoms with Crippen LogP contribution < -0.4 is 10.9 Å². The highest BCUT2D eigenvalue weighted by Gasteiger charge is 2.07. The summed E-state index contributed by atoms with van der Waals surface area (Å²) < 4.78 is 3.53. The Bertz CT molecular complexity index is 1210. The van der Waals surface area contributed by atoms with E-state index in [9.17, 15) is 9.59 Å². The van der Waals surface area contributed by atoms with E-state index in [2.05, 4.69) is 14.9 Å². The van der Waals surface area contributed by atoms with Gasteiger partial charge in [-0.3, -0.25) is 14.2 Å². The van der Waals surface area contributed by atoms with Crippen molar-refractivity contribution in [2.75, 3.05) is 6.54 Å². The van der Waals surface area contributed by atoms with Crippen LogP contribution in [-0.2, 0) is 17.9 Å². The highest BCUT2D eigenvalue weighted by atomic mass is 35.5. The minimum atomic E-state index is -0.130. The third-order valence-electron chi connectivity index (χ3n) is 4.72. The summed E-state index contributed by atoms with van der Waals surface area (Å²) in [5.41, 5.74) is 1.57. The number of aromatic nitrogens is 3. The second kappa shape index (κ2) is 7.86. The number of hydrogen-bond acceptors (Lipinski definition) is 3. The molecule has 0 atom stereocenters. The highest BCUT2D eigenvalue weighted by molar-refractivity contribution is 6.31. The highest BCUT2D eigenvalue weighted by Crippen LogP contribution is 2.20. The van der Waals surface area contributed by atoms with Crippen LogP contribution in [0.2, 0.25) is 5.02 Å². The van der Waals surface area contributed by atoms with Gasteiger partial charge in [-0.05, 0) is 35.7 Å². The fraction of sp³-hybridized carbons (Fsp3) is 0.190. The van der Waals surface area contributed by atoms with Gasteiger partial charge in [-0.2, -0.15) is 0 Å². The Morgan fingerprint density at radius 2 is 1.93 bits per heavy atom. The van der Waals surface area contributed by atoms with E-state index < -0.39 is 0 Å². The zero-order chi connectivity index (χ0) is 19.5. The molecule has 0 spiro atoms. The van der Waals surface area contributed by atoms with Gasteiger partial charge in [0.05, 0.1) is 17.2 Å². The molecule has 0 bridgehead atoms. The summed E-state index contributed by atoms with van der Waals surface area (Å²) >= 11 is 6.06. The number of nitrogens with one attached hydrogen (secondary N) is 1. The molecule has 0 saturated heterocycles. The summed E-state index contributed by atoms with van der Waals surface area (Å²) in [6.45, 7) is 1.44. The van der Waals surface area contributed by atoms with Gasteiger partial charge in [0.15, 0.2) is 0 Å².